The van der Waals surface area contributed by atoms with Gasteiger partial charge in [-0.15, -0.1) is 0 Å². The maximum absolute atomic E-state index is 13.0. The highest BCUT2D eigenvalue weighted by Gasteiger charge is 2.41. The van der Waals surface area contributed by atoms with E-state index in [0.717, 1.165) is 19.3 Å². The van der Waals surface area contributed by atoms with Gasteiger partial charge in [-0.2, -0.15) is 0 Å². The second-order valence-corrected chi connectivity index (χ2v) is 7.68. The predicted molar refractivity (Wildman–Crippen MR) is 100 cm³/mol. The molecule has 2 bridgehead atoms. The number of carbonyl (C=O) groups excluding carboxylic acids is 3. The number of hydrogen-bond donors (Lipinski definition) is 0. The summed E-state index contributed by atoms with van der Waals surface area (Å²) < 4.78 is 18.5. The van der Waals surface area contributed by atoms with Gasteiger partial charge in [-0.25, -0.2) is 4.39 Å². The third kappa shape index (κ3) is 3.75. The van der Waals surface area contributed by atoms with E-state index >= 15 is 0 Å². The van der Waals surface area contributed by atoms with Crippen molar-refractivity contribution >= 4 is 17.5 Å². The van der Waals surface area contributed by atoms with Crippen molar-refractivity contribution in [2.45, 2.75) is 32.1 Å². The fourth-order valence-corrected chi connectivity index (χ4v) is 4.31. The van der Waals surface area contributed by atoms with Crippen molar-refractivity contribution in [1.82, 2.24) is 0 Å². The zero-order chi connectivity index (χ0) is 19.7. The molecule has 2 aromatic carbocycles. The third-order valence-corrected chi connectivity index (χ3v) is 5.82. The average Bonchev–Trinajstić information content (AvgIpc) is 2.68. The molecule has 0 heterocycles. The summed E-state index contributed by atoms with van der Waals surface area (Å²) in [5.74, 6) is -0.470. The van der Waals surface area contributed by atoms with Crippen LogP contribution in [0.5, 0.6) is 5.75 Å². The number of fused-ring (bicyclic) bond motifs is 2. The molecule has 5 heteroatoms. The van der Waals surface area contributed by atoms with Gasteiger partial charge in [-0.3, -0.25) is 14.4 Å². The molecule has 0 spiro atoms. The van der Waals surface area contributed by atoms with Crippen molar-refractivity contribution in [2.75, 3.05) is 0 Å². The van der Waals surface area contributed by atoms with Gasteiger partial charge in [0, 0.05) is 23.0 Å². The zero-order valence-electron chi connectivity index (χ0n) is 15.4. The monoisotopic (exact) mass is 380 g/mol. The normalized spacial score (nSPS) is 23.9. The van der Waals surface area contributed by atoms with Crippen LogP contribution in [0.2, 0.25) is 0 Å². The summed E-state index contributed by atoms with van der Waals surface area (Å²) >= 11 is 0. The van der Waals surface area contributed by atoms with Crippen molar-refractivity contribution in [2.24, 2.45) is 17.8 Å². The number of rotatable bonds is 4. The quantitative estimate of drug-likeness (QED) is 0.449. The Morgan fingerprint density at radius 2 is 1.39 bits per heavy atom. The van der Waals surface area contributed by atoms with E-state index in [0.29, 0.717) is 35.5 Å². The minimum Gasteiger partial charge on any atom is -0.426 e. The minimum absolute atomic E-state index is 0.000701. The van der Waals surface area contributed by atoms with Crippen LogP contribution in [-0.4, -0.2) is 17.5 Å². The van der Waals surface area contributed by atoms with Crippen LogP contribution in [0.3, 0.4) is 0 Å². The third-order valence-electron chi connectivity index (χ3n) is 5.82. The molecule has 0 aromatic heterocycles. The topological polar surface area (TPSA) is 60.4 Å². The lowest BCUT2D eigenvalue weighted by Gasteiger charge is -2.36. The van der Waals surface area contributed by atoms with Gasteiger partial charge in [0.2, 0.25) is 0 Å². The lowest BCUT2D eigenvalue weighted by atomic mass is 9.67. The fourth-order valence-electron chi connectivity index (χ4n) is 4.31. The number of esters is 1. The van der Waals surface area contributed by atoms with Gasteiger partial charge < -0.3 is 4.74 Å². The minimum atomic E-state index is -0.396. The van der Waals surface area contributed by atoms with Gasteiger partial charge in [-0.05, 0) is 74.2 Å². The largest absolute Gasteiger partial charge is 0.426 e. The van der Waals surface area contributed by atoms with E-state index in [2.05, 4.69) is 0 Å². The molecule has 4 nitrogen and oxygen atoms in total. The van der Waals surface area contributed by atoms with E-state index in [1.54, 1.807) is 24.3 Å². The summed E-state index contributed by atoms with van der Waals surface area (Å²) in [4.78, 5) is 37.1. The Balaban J connectivity index is 1.40. The number of halogens is 1. The Labute approximate surface area is 162 Å². The standard InChI is InChI=1S/C23H21FO4/c24-19-8-4-14(5-9-19)21(25)15-6-10-20(11-7-15)28-23(27)18-12-16-2-1-3-17(13-18)22(16)26/h4-11,16-18H,1-3,12-13H2/t16-,17-/m0/s1. The van der Waals surface area contributed by atoms with Gasteiger partial charge >= 0.3 is 5.97 Å². The highest BCUT2D eigenvalue weighted by atomic mass is 19.1. The lowest BCUT2D eigenvalue weighted by Crippen LogP contribution is -2.40. The Morgan fingerprint density at radius 3 is 1.96 bits per heavy atom. The number of benzene rings is 2. The molecule has 0 amide bonds. The van der Waals surface area contributed by atoms with Gasteiger partial charge in [0.1, 0.15) is 17.3 Å². The molecular formula is C23H21FO4. The fraction of sp³-hybridized carbons (Fsp3) is 0.348. The van der Waals surface area contributed by atoms with Crippen molar-refractivity contribution in [3.63, 3.8) is 0 Å². The van der Waals surface area contributed by atoms with Crippen LogP contribution >= 0.6 is 0 Å². The highest BCUT2D eigenvalue weighted by Crippen LogP contribution is 2.40. The highest BCUT2D eigenvalue weighted by molar-refractivity contribution is 6.09. The van der Waals surface area contributed by atoms with Crippen molar-refractivity contribution in [1.29, 1.82) is 0 Å². The summed E-state index contributed by atoms with van der Waals surface area (Å²) in [5.41, 5.74) is 0.828. The average molecular weight is 380 g/mol. The molecule has 0 saturated heterocycles. The summed E-state index contributed by atoms with van der Waals surface area (Å²) in [6, 6.07) is 11.7. The molecule has 2 aromatic rings. The van der Waals surface area contributed by atoms with Gasteiger partial charge in [-0.1, -0.05) is 6.42 Å². The summed E-state index contributed by atoms with van der Waals surface area (Å²) in [5, 5.41) is 0. The molecule has 0 N–H and O–H groups in total. The van der Waals surface area contributed by atoms with Crippen LogP contribution < -0.4 is 4.74 Å². The van der Waals surface area contributed by atoms with Crippen molar-refractivity contribution in [3.05, 3.63) is 65.5 Å². The van der Waals surface area contributed by atoms with E-state index in [4.69, 9.17) is 4.74 Å². The molecule has 28 heavy (non-hydrogen) atoms. The van der Waals surface area contributed by atoms with Gasteiger partial charge in [0.05, 0.1) is 5.92 Å². The zero-order valence-corrected chi connectivity index (χ0v) is 15.4. The lowest BCUT2D eigenvalue weighted by molar-refractivity contribution is -0.145. The van der Waals surface area contributed by atoms with Crippen molar-refractivity contribution < 1.29 is 23.5 Å². The number of hydrogen-bond acceptors (Lipinski definition) is 4. The van der Waals surface area contributed by atoms with Gasteiger partial charge in [0.25, 0.3) is 0 Å². The smallest absolute Gasteiger partial charge is 0.314 e. The maximum atomic E-state index is 13.0. The van der Waals surface area contributed by atoms with Crippen molar-refractivity contribution in [3.8, 4) is 5.75 Å². The number of ketones is 2. The number of Topliss-reactive ketones (excluding diaryl/α,β-unsaturated/α-hetero) is 1. The van der Waals surface area contributed by atoms with Crippen LogP contribution in [0.25, 0.3) is 0 Å². The molecule has 2 aliphatic rings. The van der Waals surface area contributed by atoms with Crippen LogP contribution in [0, 0.1) is 23.6 Å². The molecular weight excluding hydrogens is 359 g/mol. The second kappa shape index (κ2) is 7.66. The molecule has 2 aliphatic carbocycles. The summed E-state index contributed by atoms with van der Waals surface area (Å²) in [7, 11) is 0. The summed E-state index contributed by atoms with van der Waals surface area (Å²) in [6.07, 6.45) is 3.97. The Bertz CT molecular complexity index is 885. The van der Waals surface area contributed by atoms with Crippen LogP contribution in [0.4, 0.5) is 4.39 Å². The first-order valence-electron chi connectivity index (χ1n) is 9.67. The van der Waals surface area contributed by atoms with Crippen LogP contribution in [0.1, 0.15) is 48.0 Å². The molecule has 144 valence electrons. The predicted octanol–water partition coefficient (Wildman–Crippen LogP) is 4.36. The number of ether oxygens (including phenoxy) is 1. The molecule has 0 aliphatic heterocycles. The first kappa shape index (κ1) is 18.5. The SMILES string of the molecule is O=C(c1ccc(F)cc1)c1ccc(OC(=O)C2C[C@@H]3CCC[C@@H](C2)C3=O)cc1. The first-order chi connectivity index (χ1) is 13.5. The number of carbonyl (C=O) groups is 3. The Kier molecular flexibility index (Phi) is 5.07. The van der Waals surface area contributed by atoms with E-state index in [1.807, 2.05) is 0 Å². The molecule has 2 saturated carbocycles. The molecule has 0 radical (unpaired) electrons. The van der Waals surface area contributed by atoms with E-state index in [-0.39, 0.29) is 29.5 Å². The van der Waals surface area contributed by atoms with Crippen LogP contribution in [0.15, 0.2) is 48.5 Å². The van der Waals surface area contributed by atoms with Crippen LogP contribution in [-0.2, 0) is 9.59 Å². The van der Waals surface area contributed by atoms with E-state index in [9.17, 15) is 18.8 Å². The molecule has 2 atom stereocenters. The molecule has 2 fully saturated rings. The van der Waals surface area contributed by atoms with E-state index in [1.165, 1.54) is 24.3 Å². The Hall–Kier alpha value is -2.82. The van der Waals surface area contributed by atoms with E-state index < -0.39 is 5.82 Å². The second-order valence-electron chi connectivity index (χ2n) is 7.68. The summed E-state index contributed by atoms with van der Waals surface area (Å²) in [6.45, 7) is 0. The van der Waals surface area contributed by atoms with Gasteiger partial charge in [0.15, 0.2) is 5.78 Å². The molecule has 4 rings (SSSR count). The Morgan fingerprint density at radius 1 is 0.857 bits per heavy atom. The molecule has 0 unspecified atom stereocenters. The first-order valence-corrected chi connectivity index (χ1v) is 9.67. The maximum Gasteiger partial charge on any atom is 0.314 e.